The molecule has 2 heterocycles. The van der Waals surface area contributed by atoms with E-state index in [2.05, 4.69) is 34.6 Å². The van der Waals surface area contributed by atoms with E-state index in [1.165, 1.54) is 18.5 Å². The lowest BCUT2D eigenvalue weighted by Crippen LogP contribution is -2.45. The number of hydrogen-bond donors (Lipinski definition) is 2. The van der Waals surface area contributed by atoms with Crippen LogP contribution in [0.2, 0.25) is 0 Å². The first-order chi connectivity index (χ1) is 12.8. The number of carbonyl (C=O) groups excluding carboxylic acids is 2. The number of hydrogen-bond acceptors (Lipinski definition) is 4. The summed E-state index contributed by atoms with van der Waals surface area (Å²) in [5.41, 5.74) is 3.03. The summed E-state index contributed by atoms with van der Waals surface area (Å²) in [4.78, 5) is 26.9. The Bertz CT molecular complexity index is 732. The summed E-state index contributed by atoms with van der Waals surface area (Å²) in [6, 6.07) is 7.28. The van der Waals surface area contributed by atoms with Gasteiger partial charge in [0.1, 0.15) is 0 Å². The highest BCUT2D eigenvalue weighted by Gasteiger charge is 2.32. The van der Waals surface area contributed by atoms with E-state index in [0.29, 0.717) is 11.3 Å². The Hall–Kier alpha value is -2.50. The fraction of sp³-hybridized carbons (Fsp3) is 0.524. The second-order valence-corrected chi connectivity index (χ2v) is 7.79. The minimum Gasteiger partial charge on any atom is -0.459 e. The van der Waals surface area contributed by atoms with Crippen LogP contribution >= 0.6 is 0 Å². The number of rotatable bonds is 4. The number of urea groups is 1. The highest BCUT2D eigenvalue weighted by molar-refractivity contribution is 5.95. The molecule has 1 fully saturated rings. The van der Waals surface area contributed by atoms with E-state index in [1.54, 1.807) is 6.92 Å². The summed E-state index contributed by atoms with van der Waals surface area (Å²) in [6.07, 6.45) is 2.19. The molecule has 0 saturated carbocycles. The Morgan fingerprint density at radius 3 is 2.41 bits per heavy atom. The molecule has 1 aromatic rings. The number of allylic oxidation sites excluding steroid dienone is 1. The highest BCUT2D eigenvalue weighted by Crippen LogP contribution is 2.30. The van der Waals surface area contributed by atoms with E-state index in [1.807, 2.05) is 26.0 Å². The molecule has 146 valence electrons. The molecule has 2 aliphatic heterocycles. The van der Waals surface area contributed by atoms with Gasteiger partial charge in [0.25, 0.3) is 0 Å². The van der Waals surface area contributed by atoms with Crippen molar-refractivity contribution in [2.45, 2.75) is 52.7 Å². The number of anilines is 1. The first-order valence-electron chi connectivity index (χ1n) is 9.69. The number of esters is 1. The summed E-state index contributed by atoms with van der Waals surface area (Å²) in [5, 5.41) is 5.52. The standard InChI is InChI=1S/C21H29N3O3/c1-13(2)27-20(25)18-15(4)22-21(26)23-19(18)16-5-7-17(8-6-16)24-11-9-14(3)10-12-24/h5-8,13-14,19H,9-12H2,1-4H3,(H2,22,23,26). The van der Waals surface area contributed by atoms with Crippen molar-refractivity contribution in [3.63, 3.8) is 0 Å². The van der Waals surface area contributed by atoms with Crippen LogP contribution in [0.15, 0.2) is 35.5 Å². The van der Waals surface area contributed by atoms with E-state index >= 15 is 0 Å². The molecule has 0 aliphatic carbocycles. The van der Waals surface area contributed by atoms with Crippen molar-refractivity contribution >= 4 is 17.7 Å². The van der Waals surface area contributed by atoms with Crippen LogP contribution in [0.1, 0.15) is 52.1 Å². The van der Waals surface area contributed by atoms with Crippen LogP contribution in [0.4, 0.5) is 10.5 Å². The molecular formula is C21H29N3O3. The number of ether oxygens (including phenoxy) is 1. The van der Waals surface area contributed by atoms with Crippen molar-refractivity contribution in [2.75, 3.05) is 18.0 Å². The lowest BCUT2D eigenvalue weighted by molar-refractivity contribution is -0.143. The molecule has 0 aromatic heterocycles. The lowest BCUT2D eigenvalue weighted by Gasteiger charge is -2.33. The van der Waals surface area contributed by atoms with Gasteiger partial charge in [0.2, 0.25) is 0 Å². The third-order valence-corrected chi connectivity index (χ3v) is 5.21. The molecule has 0 radical (unpaired) electrons. The number of benzene rings is 1. The van der Waals surface area contributed by atoms with Crippen molar-refractivity contribution in [3.05, 3.63) is 41.1 Å². The predicted molar refractivity (Wildman–Crippen MR) is 105 cm³/mol. The van der Waals surface area contributed by atoms with Crippen molar-refractivity contribution in [2.24, 2.45) is 5.92 Å². The molecule has 0 bridgehead atoms. The molecule has 3 rings (SSSR count). The zero-order valence-corrected chi connectivity index (χ0v) is 16.5. The van der Waals surface area contributed by atoms with E-state index < -0.39 is 12.0 Å². The monoisotopic (exact) mass is 371 g/mol. The third kappa shape index (κ3) is 4.43. The minimum absolute atomic E-state index is 0.222. The third-order valence-electron chi connectivity index (χ3n) is 5.21. The van der Waals surface area contributed by atoms with E-state index in [0.717, 1.165) is 24.6 Å². The summed E-state index contributed by atoms with van der Waals surface area (Å²) in [7, 11) is 0. The molecule has 27 heavy (non-hydrogen) atoms. The zero-order valence-electron chi connectivity index (χ0n) is 16.5. The molecular weight excluding hydrogens is 342 g/mol. The average Bonchev–Trinajstić information content (AvgIpc) is 2.61. The number of nitrogens with one attached hydrogen (secondary N) is 2. The second kappa shape index (κ2) is 8.03. The molecule has 0 spiro atoms. The normalized spacial score (nSPS) is 21.1. The Morgan fingerprint density at radius 1 is 1.19 bits per heavy atom. The SMILES string of the molecule is CC1=C(C(=O)OC(C)C)C(c2ccc(N3CCC(C)CC3)cc2)NC(=O)N1. The van der Waals surface area contributed by atoms with Crippen LogP contribution in [0.5, 0.6) is 0 Å². The maximum absolute atomic E-state index is 12.6. The number of piperidine rings is 1. The van der Waals surface area contributed by atoms with Crippen molar-refractivity contribution in [1.29, 1.82) is 0 Å². The van der Waals surface area contributed by atoms with Crippen LogP contribution in [0, 0.1) is 5.92 Å². The van der Waals surface area contributed by atoms with Gasteiger partial charge in [-0.3, -0.25) is 0 Å². The van der Waals surface area contributed by atoms with Crippen LogP contribution in [0.25, 0.3) is 0 Å². The molecule has 6 heteroatoms. The Balaban J connectivity index is 1.83. The van der Waals surface area contributed by atoms with Gasteiger partial charge in [-0.2, -0.15) is 0 Å². The summed E-state index contributed by atoms with van der Waals surface area (Å²) < 4.78 is 5.38. The van der Waals surface area contributed by atoms with Crippen LogP contribution < -0.4 is 15.5 Å². The zero-order chi connectivity index (χ0) is 19.6. The van der Waals surface area contributed by atoms with Gasteiger partial charge >= 0.3 is 12.0 Å². The van der Waals surface area contributed by atoms with Crippen molar-refractivity contribution in [3.8, 4) is 0 Å². The molecule has 1 saturated heterocycles. The number of carbonyl (C=O) groups is 2. The van der Waals surface area contributed by atoms with Gasteiger partial charge in [0, 0.05) is 24.5 Å². The van der Waals surface area contributed by atoms with E-state index in [-0.39, 0.29) is 12.1 Å². The van der Waals surface area contributed by atoms with Gasteiger partial charge in [-0.05, 0) is 57.2 Å². The maximum atomic E-state index is 12.6. The molecule has 2 amide bonds. The maximum Gasteiger partial charge on any atom is 0.338 e. The first-order valence-corrected chi connectivity index (χ1v) is 9.69. The number of nitrogens with zero attached hydrogens (tertiary/aromatic N) is 1. The van der Waals surface area contributed by atoms with Crippen molar-refractivity contribution in [1.82, 2.24) is 10.6 Å². The fourth-order valence-corrected chi connectivity index (χ4v) is 3.64. The molecule has 2 aliphatic rings. The topological polar surface area (TPSA) is 70.7 Å². The lowest BCUT2D eigenvalue weighted by atomic mass is 9.94. The van der Waals surface area contributed by atoms with Crippen LogP contribution in [0.3, 0.4) is 0 Å². The summed E-state index contributed by atoms with van der Waals surface area (Å²) >= 11 is 0. The van der Waals surface area contributed by atoms with E-state index in [4.69, 9.17) is 4.74 Å². The van der Waals surface area contributed by atoms with Crippen molar-refractivity contribution < 1.29 is 14.3 Å². The predicted octanol–water partition coefficient (Wildman–Crippen LogP) is 3.50. The van der Waals surface area contributed by atoms with Crippen LogP contribution in [-0.4, -0.2) is 31.2 Å². The fourth-order valence-electron chi connectivity index (χ4n) is 3.64. The quantitative estimate of drug-likeness (QED) is 0.795. The highest BCUT2D eigenvalue weighted by atomic mass is 16.5. The van der Waals surface area contributed by atoms with Gasteiger partial charge in [-0.15, -0.1) is 0 Å². The second-order valence-electron chi connectivity index (χ2n) is 7.79. The summed E-state index contributed by atoms with van der Waals surface area (Å²) in [5.74, 6) is 0.377. The molecule has 1 aromatic carbocycles. The van der Waals surface area contributed by atoms with Gasteiger partial charge in [0.05, 0.1) is 17.7 Å². The largest absolute Gasteiger partial charge is 0.459 e. The van der Waals surface area contributed by atoms with Crippen LogP contribution in [-0.2, 0) is 9.53 Å². The smallest absolute Gasteiger partial charge is 0.338 e. The number of amides is 2. The van der Waals surface area contributed by atoms with Gasteiger partial charge < -0.3 is 20.3 Å². The molecule has 1 atom stereocenters. The van der Waals surface area contributed by atoms with Gasteiger partial charge in [-0.25, -0.2) is 9.59 Å². The molecule has 1 unspecified atom stereocenters. The average molecular weight is 371 g/mol. The Labute approximate surface area is 161 Å². The molecule has 6 nitrogen and oxygen atoms in total. The first kappa shape index (κ1) is 19.3. The summed E-state index contributed by atoms with van der Waals surface area (Å²) in [6.45, 7) is 9.78. The minimum atomic E-state index is -0.513. The Morgan fingerprint density at radius 2 is 1.81 bits per heavy atom. The van der Waals surface area contributed by atoms with E-state index in [9.17, 15) is 9.59 Å². The molecule has 2 N–H and O–H groups in total. The van der Waals surface area contributed by atoms with Gasteiger partial charge in [0.15, 0.2) is 0 Å². The Kier molecular flexibility index (Phi) is 5.73. The van der Waals surface area contributed by atoms with Gasteiger partial charge in [-0.1, -0.05) is 19.1 Å².